The minimum Gasteiger partial charge on any atom is -0.465 e. The lowest BCUT2D eigenvalue weighted by atomic mass is 10.2. The summed E-state index contributed by atoms with van der Waals surface area (Å²) in [6.07, 6.45) is -0.344. The normalized spacial score (nSPS) is 12.2. The number of hydrogen-bond donors (Lipinski definition) is 1. The van der Waals surface area contributed by atoms with E-state index in [2.05, 4.69) is 0 Å². The van der Waals surface area contributed by atoms with E-state index in [1.54, 1.807) is 0 Å². The second-order valence-electron chi connectivity index (χ2n) is 4.75. The Balaban J connectivity index is 2.42. The smallest absolute Gasteiger partial charge is 0.308 e. The van der Waals surface area contributed by atoms with Crippen molar-refractivity contribution in [2.24, 2.45) is 11.7 Å². The van der Waals surface area contributed by atoms with Crippen LogP contribution in [0.3, 0.4) is 0 Å². The summed E-state index contributed by atoms with van der Waals surface area (Å²) in [7, 11) is 0. The second kappa shape index (κ2) is 8.55. The predicted molar refractivity (Wildman–Crippen MR) is 76.2 cm³/mol. The van der Waals surface area contributed by atoms with Gasteiger partial charge in [-0.25, -0.2) is 0 Å². The molecule has 0 aliphatic heterocycles. The van der Waals surface area contributed by atoms with Gasteiger partial charge in [-0.05, 0) is 24.6 Å². The van der Waals surface area contributed by atoms with Crippen LogP contribution in [0.15, 0.2) is 24.3 Å². The average Bonchev–Trinajstić information content (AvgIpc) is 2.43. The highest BCUT2D eigenvalue weighted by atomic mass is 16.7. The molecule has 5 heteroatoms. The summed E-state index contributed by atoms with van der Waals surface area (Å²) < 4.78 is 16.0. The number of rotatable bonds is 8. The molecule has 0 bridgehead atoms. The molecule has 0 aliphatic rings. The van der Waals surface area contributed by atoms with Crippen LogP contribution in [0.5, 0.6) is 5.75 Å². The molecule has 0 radical (unpaired) electrons. The van der Waals surface area contributed by atoms with Gasteiger partial charge in [0, 0.05) is 6.54 Å². The summed E-state index contributed by atoms with van der Waals surface area (Å²) in [5.74, 6) is 0.390. The highest BCUT2D eigenvalue weighted by Gasteiger charge is 2.08. The first kappa shape index (κ1) is 16.5. The third-order valence-corrected chi connectivity index (χ3v) is 2.55. The molecule has 5 nitrogen and oxygen atoms in total. The van der Waals surface area contributed by atoms with Crippen molar-refractivity contribution >= 4 is 5.97 Å². The zero-order valence-electron chi connectivity index (χ0n) is 12.3. The summed E-state index contributed by atoms with van der Waals surface area (Å²) in [4.78, 5) is 11.4. The first-order valence-corrected chi connectivity index (χ1v) is 6.77. The number of nitrogens with two attached hydrogens (primary N) is 1. The predicted octanol–water partition coefficient (Wildman–Crippen LogP) is 2.09. The second-order valence-corrected chi connectivity index (χ2v) is 4.75. The molecule has 0 heterocycles. The van der Waals surface area contributed by atoms with Gasteiger partial charge < -0.3 is 19.9 Å². The molecule has 1 atom stereocenters. The maximum absolute atomic E-state index is 11.4. The van der Waals surface area contributed by atoms with Gasteiger partial charge in [-0.3, -0.25) is 4.79 Å². The molecular weight excluding hydrogens is 258 g/mol. The van der Waals surface area contributed by atoms with Crippen molar-refractivity contribution in [3.8, 4) is 5.75 Å². The fourth-order valence-corrected chi connectivity index (χ4v) is 1.45. The van der Waals surface area contributed by atoms with Gasteiger partial charge in [0.2, 0.25) is 0 Å². The molecule has 1 aromatic rings. The molecule has 0 aliphatic carbocycles. The van der Waals surface area contributed by atoms with Crippen LogP contribution >= 0.6 is 0 Å². The van der Waals surface area contributed by atoms with Crippen LogP contribution in [-0.4, -0.2) is 25.4 Å². The molecule has 0 fully saturated rings. The van der Waals surface area contributed by atoms with E-state index in [4.69, 9.17) is 19.9 Å². The van der Waals surface area contributed by atoms with Crippen molar-refractivity contribution in [3.63, 3.8) is 0 Å². The van der Waals surface area contributed by atoms with E-state index < -0.39 is 0 Å². The summed E-state index contributed by atoms with van der Waals surface area (Å²) in [5.41, 5.74) is 6.27. The highest BCUT2D eigenvalue weighted by molar-refractivity contribution is 5.71. The van der Waals surface area contributed by atoms with Gasteiger partial charge in [0.1, 0.15) is 12.4 Å². The van der Waals surface area contributed by atoms with Crippen molar-refractivity contribution in [2.75, 3.05) is 13.2 Å². The Hall–Kier alpha value is -1.59. The van der Waals surface area contributed by atoms with Crippen LogP contribution in [0.25, 0.3) is 0 Å². The van der Waals surface area contributed by atoms with Crippen molar-refractivity contribution in [3.05, 3.63) is 29.8 Å². The Morgan fingerprint density at radius 2 is 1.85 bits per heavy atom. The summed E-state index contributed by atoms with van der Waals surface area (Å²) in [6, 6.07) is 7.36. The molecule has 20 heavy (non-hydrogen) atoms. The Kier molecular flexibility index (Phi) is 7.04. The molecule has 0 aromatic heterocycles. The molecule has 0 saturated carbocycles. The molecule has 112 valence electrons. The summed E-state index contributed by atoms with van der Waals surface area (Å²) in [6.45, 7) is 6.63. The minimum atomic E-state index is -0.344. The Morgan fingerprint density at radius 3 is 2.40 bits per heavy atom. The van der Waals surface area contributed by atoms with E-state index >= 15 is 0 Å². The molecule has 0 spiro atoms. The number of carbonyl (C=O) groups excluding carboxylic acids is 1. The third kappa shape index (κ3) is 6.04. The SMILES string of the molecule is CC(OCCN)Oc1ccc(COC(=O)C(C)C)cc1. The van der Waals surface area contributed by atoms with Gasteiger partial charge in [-0.2, -0.15) is 0 Å². The number of carbonyl (C=O) groups is 1. The number of ether oxygens (including phenoxy) is 3. The monoisotopic (exact) mass is 281 g/mol. The van der Waals surface area contributed by atoms with Crippen molar-refractivity contribution in [2.45, 2.75) is 33.7 Å². The van der Waals surface area contributed by atoms with Gasteiger partial charge in [0.15, 0.2) is 6.29 Å². The lowest BCUT2D eigenvalue weighted by Crippen LogP contribution is -2.20. The Labute approximate surface area is 120 Å². The van der Waals surface area contributed by atoms with Gasteiger partial charge in [0.05, 0.1) is 12.5 Å². The van der Waals surface area contributed by atoms with E-state index in [0.29, 0.717) is 18.9 Å². The molecular formula is C15H23NO4. The van der Waals surface area contributed by atoms with Gasteiger partial charge in [-0.1, -0.05) is 26.0 Å². The first-order chi connectivity index (χ1) is 9.52. The van der Waals surface area contributed by atoms with Crippen molar-refractivity contribution < 1.29 is 19.0 Å². The van der Waals surface area contributed by atoms with E-state index in [0.717, 1.165) is 5.56 Å². The molecule has 1 unspecified atom stereocenters. The molecule has 0 amide bonds. The zero-order chi connectivity index (χ0) is 15.0. The van der Waals surface area contributed by atoms with Gasteiger partial charge in [0.25, 0.3) is 0 Å². The van der Waals surface area contributed by atoms with Crippen LogP contribution in [0, 0.1) is 5.92 Å². The number of hydrogen-bond acceptors (Lipinski definition) is 5. The molecule has 1 aromatic carbocycles. The Morgan fingerprint density at radius 1 is 1.20 bits per heavy atom. The quantitative estimate of drug-likeness (QED) is 0.583. The topological polar surface area (TPSA) is 70.8 Å². The fraction of sp³-hybridized carbons (Fsp3) is 0.533. The van der Waals surface area contributed by atoms with Crippen molar-refractivity contribution in [1.82, 2.24) is 0 Å². The molecule has 2 N–H and O–H groups in total. The number of esters is 1. The van der Waals surface area contributed by atoms with E-state index in [9.17, 15) is 4.79 Å². The maximum atomic E-state index is 11.4. The van der Waals surface area contributed by atoms with Crippen LogP contribution in [0.1, 0.15) is 26.3 Å². The lowest BCUT2D eigenvalue weighted by Gasteiger charge is -2.15. The standard InChI is InChI=1S/C15H23NO4/c1-11(2)15(17)19-10-13-4-6-14(7-5-13)20-12(3)18-9-8-16/h4-7,11-12H,8-10,16H2,1-3H3. The van der Waals surface area contributed by atoms with Crippen LogP contribution in [0.2, 0.25) is 0 Å². The first-order valence-electron chi connectivity index (χ1n) is 6.77. The minimum absolute atomic E-state index is 0.113. The molecule has 0 saturated heterocycles. The summed E-state index contributed by atoms with van der Waals surface area (Å²) in [5, 5.41) is 0. The van der Waals surface area contributed by atoms with Crippen LogP contribution in [-0.2, 0) is 20.9 Å². The third-order valence-electron chi connectivity index (χ3n) is 2.55. The lowest BCUT2D eigenvalue weighted by molar-refractivity contribution is -0.148. The number of benzene rings is 1. The fourth-order valence-electron chi connectivity index (χ4n) is 1.45. The van der Waals surface area contributed by atoms with Gasteiger partial charge in [-0.15, -0.1) is 0 Å². The van der Waals surface area contributed by atoms with E-state index in [-0.39, 0.29) is 24.8 Å². The van der Waals surface area contributed by atoms with E-state index in [1.165, 1.54) is 0 Å². The average molecular weight is 281 g/mol. The van der Waals surface area contributed by atoms with Gasteiger partial charge >= 0.3 is 5.97 Å². The van der Waals surface area contributed by atoms with Crippen LogP contribution < -0.4 is 10.5 Å². The van der Waals surface area contributed by atoms with E-state index in [1.807, 2.05) is 45.0 Å². The highest BCUT2D eigenvalue weighted by Crippen LogP contribution is 2.15. The largest absolute Gasteiger partial charge is 0.465 e. The zero-order valence-corrected chi connectivity index (χ0v) is 12.3. The Bertz CT molecular complexity index is 403. The van der Waals surface area contributed by atoms with Crippen LogP contribution in [0.4, 0.5) is 0 Å². The van der Waals surface area contributed by atoms with Crippen molar-refractivity contribution in [1.29, 1.82) is 0 Å². The summed E-state index contributed by atoms with van der Waals surface area (Å²) >= 11 is 0. The maximum Gasteiger partial charge on any atom is 0.308 e. The molecule has 1 rings (SSSR count).